The van der Waals surface area contributed by atoms with Crippen LogP contribution in [-0.2, 0) is 27.2 Å². The molecule has 0 bridgehead atoms. The SMILES string of the molecule is Cc1cc(Sc2nc3c(c(=O)n(C)c(=O)n3C)n2Cc2ccccc2)c2n(cn[n+]2Cc2ccccc2)n1. The fourth-order valence-electron chi connectivity index (χ4n) is 4.57. The first-order valence-electron chi connectivity index (χ1n) is 12.1. The zero-order valence-electron chi connectivity index (χ0n) is 21.1. The smallest absolute Gasteiger partial charge is 0.308 e. The molecule has 0 aliphatic carbocycles. The monoisotopic (exact) mass is 525 g/mol. The molecule has 0 fully saturated rings. The molecule has 0 unspecified atom stereocenters. The highest BCUT2D eigenvalue weighted by Gasteiger charge is 2.25. The van der Waals surface area contributed by atoms with E-state index < -0.39 is 5.69 Å². The van der Waals surface area contributed by atoms with Crippen LogP contribution in [0.1, 0.15) is 16.8 Å². The lowest BCUT2D eigenvalue weighted by atomic mass is 10.2. The second kappa shape index (κ2) is 9.42. The minimum Gasteiger partial charge on any atom is -0.308 e. The highest BCUT2D eigenvalue weighted by Crippen LogP contribution is 2.32. The van der Waals surface area contributed by atoms with Crippen molar-refractivity contribution in [1.82, 2.24) is 33.4 Å². The van der Waals surface area contributed by atoms with Gasteiger partial charge in [0.25, 0.3) is 11.9 Å². The van der Waals surface area contributed by atoms with E-state index in [0.29, 0.717) is 29.4 Å². The van der Waals surface area contributed by atoms with Crippen molar-refractivity contribution in [3.63, 3.8) is 0 Å². The standard InChI is InChI=1S/C27H25N8O2S/c1-18-14-21(24-34(28-17-35(24)30-18)16-20-12-8-5-9-13-20)38-26-29-23-22(25(36)32(3)27(37)31(23)2)33(26)15-19-10-6-4-7-11-19/h4-14,17H,15-16H2,1-3H3/q+1. The first-order valence-corrected chi connectivity index (χ1v) is 12.9. The average Bonchev–Trinajstić information content (AvgIpc) is 3.48. The van der Waals surface area contributed by atoms with Gasteiger partial charge in [-0.2, -0.15) is 0 Å². The average molecular weight is 526 g/mol. The van der Waals surface area contributed by atoms with Crippen LogP contribution in [0.4, 0.5) is 0 Å². The van der Waals surface area contributed by atoms with Crippen LogP contribution in [0.15, 0.2) is 92.7 Å². The molecule has 0 amide bonds. The summed E-state index contributed by atoms with van der Waals surface area (Å²) in [5, 5.41) is 9.81. The molecular formula is C27H25N8O2S+. The lowest BCUT2D eigenvalue weighted by Gasteiger charge is -2.10. The Hall–Kier alpha value is -4.51. The van der Waals surface area contributed by atoms with Gasteiger partial charge in [0, 0.05) is 14.1 Å². The van der Waals surface area contributed by atoms with Crippen LogP contribution in [0.25, 0.3) is 16.8 Å². The molecule has 0 N–H and O–H groups in total. The molecule has 0 radical (unpaired) electrons. The lowest BCUT2D eigenvalue weighted by Crippen LogP contribution is -2.37. The van der Waals surface area contributed by atoms with Crippen molar-refractivity contribution in [1.29, 1.82) is 0 Å². The predicted molar refractivity (Wildman–Crippen MR) is 143 cm³/mol. The normalized spacial score (nSPS) is 11.6. The van der Waals surface area contributed by atoms with E-state index in [2.05, 4.69) is 22.3 Å². The first kappa shape index (κ1) is 23.9. The molecule has 6 aromatic rings. The highest BCUT2D eigenvalue weighted by molar-refractivity contribution is 7.99. The van der Waals surface area contributed by atoms with E-state index >= 15 is 0 Å². The molecule has 0 aliphatic heterocycles. The van der Waals surface area contributed by atoms with Crippen LogP contribution in [-0.4, -0.2) is 33.4 Å². The predicted octanol–water partition coefficient (Wildman–Crippen LogP) is 2.32. The Labute approximate surface area is 221 Å². The third-order valence-corrected chi connectivity index (χ3v) is 7.48. The number of nitrogens with zero attached hydrogens (tertiary/aromatic N) is 8. The van der Waals surface area contributed by atoms with E-state index in [0.717, 1.165) is 31.9 Å². The maximum Gasteiger partial charge on any atom is 0.343 e. The molecule has 4 aromatic heterocycles. The minimum absolute atomic E-state index is 0.351. The van der Waals surface area contributed by atoms with Gasteiger partial charge in [-0.1, -0.05) is 70.3 Å². The van der Waals surface area contributed by atoms with Crippen LogP contribution in [0.2, 0.25) is 0 Å². The molecule has 0 aliphatic rings. The number of fused-ring (bicyclic) bond motifs is 2. The maximum absolute atomic E-state index is 13.3. The topological polar surface area (TPSA) is 95.9 Å². The van der Waals surface area contributed by atoms with Gasteiger partial charge in [0.15, 0.2) is 16.3 Å². The molecular weight excluding hydrogens is 500 g/mol. The second-order valence-corrected chi connectivity index (χ2v) is 10.1. The van der Waals surface area contributed by atoms with E-state index in [4.69, 9.17) is 4.98 Å². The summed E-state index contributed by atoms with van der Waals surface area (Å²) in [7, 11) is 3.13. The zero-order chi connectivity index (χ0) is 26.4. The quantitative estimate of drug-likeness (QED) is 0.310. The number of hydrogen-bond acceptors (Lipinski definition) is 6. The van der Waals surface area contributed by atoms with E-state index in [1.165, 1.54) is 23.4 Å². The van der Waals surface area contributed by atoms with Crippen LogP contribution in [0, 0.1) is 6.92 Å². The molecule has 0 saturated heterocycles. The first-order chi connectivity index (χ1) is 18.4. The molecule has 6 rings (SSSR count). The van der Waals surface area contributed by atoms with E-state index in [1.54, 1.807) is 17.9 Å². The minimum atomic E-state index is -0.415. The third-order valence-electron chi connectivity index (χ3n) is 6.46. The molecule has 38 heavy (non-hydrogen) atoms. The van der Waals surface area contributed by atoms with Crippen LogP contribution in [0.5, 0.6) is 0 Å². The Morgan fingerprint density at radius 3 is 2.32 bits per heavy atom. The van der Waals surface area contributed by atoms with Crippen LogP contribution >= 0.6 is 11.8 Å². The third kappa shape index (κ3) is 4.10. The van der Waals surface area contributed by atoms with Crippen molar-refractivity contribution in [2.24, 2.45) is 14.1 Å². The van der Waals surface area contributed by atoms with Gasteiger partial charge in [-0.3, -0.25) is 13.9 Å². The summed E-state index contributed by atoms with van der Waals surface area (Å²) in [6, 6.07) is 22.0. The molecule has 0 spiro atoms. The van der Waals surface area contributed by atoms with Gasteiger partial charge >= 0.3 is 11.3 Å². The zero-order valence-corrected chi connectivity index (χ0v) is 22.0. The summed E-state index contributed by atoms with van der Waals surface area (Å²) >= 11 is 1.43. The number of benzene rings is 2. The molecule has 11 heteroatoms. The van der Waals surface area contributed by atoms with Crippen molar-refractivity contribution < 1.29 is 4.68 Å². The van der Waals surface area contributed by atoms with E-state index in [9.17, 15) is 9.59 Å². The van der Waals surface area contributed by atoms with Gasteiger partial charge in [0.1, 0.15) is 11.4 Å². The summed E-state index contributed by atoms with van der Waals surface area (Å²) in [5.74, 6) is 0. The van der Waals surface area contributed by atoms with E-state index in [1.807, 2.05) is 70.8 Å². The fourth-order valence-corrected chi connectivity index (χ4v) is 5.68. The van der Waals surface area contributed by atoms with Crippen molar-refractivity contribution >= 4 is 28.6 Å². The fraction of sp³-hybridized carbons (Fsp3) is 0.185. The molecule has 4 heterocycles. The number of rotatable bonds is 6. The van der Waals surface area contributed by atoms with Crippen molar-refractivity contribution in [2.45, 2.75) is 30.1 Å². The Balaban J connectivity index is 1.55. The van der Waals surface area contributed by atoms with Gasteiger partial charge < -0.3 is 4.57 Å². The molecule has 2 aromatic carbocycles. The van der Waals surface area contributed by atoms with Crippen molar-refractivity contribution in [3.05, 3.63) is 111 Å². The lowest BCUT2D eigenvalue weighted by molar-refractivity contribution is -0.721. The van der Waals surface area contributed by atoms with Gasteiger partial charge in [-0.25, -0.2) is 9.78 Å². The summed E-state index contributed by atoms with van der Waals surface area (Å²) < 4.78 is 8.10. The molecule has 0 atom stereocenters. The molecule has 0 saturated carbocycles. The van der Waals surface area contributed by atoms with E-state index in [-0.39, 0.29) is 5.56 Å². The Bertz CT molecular complexity index is 1920. The number of imidazole rings is 1. The Morgan fingerprint density at radius 2 is 1.61 bits per heavy atom. The van der Waals surface area contributed by atoms with Crippen molar-refractivity contribution in [3.8, 4) is 0 Å². The number of aryl methyl sites for hydroxylation is 2. The Morgan fingerprint density at radius 1 is 0.921 bits per heavy atom. The van der Waals surface area contributed by atoms with Crippen LogP contribution < -0.4 is 15.9 Å². The number of hydrogen-bond donors (Lipinski definition) is 0. The van der Waals surface area contributed by atoms with Gasteiger partial charge in [-0.15, -0.1) is 4.68 Å². The van der Waals surface area contributed by atoms with Gasteiger partial charge in [-0.05, 0) is 41.0 Å². The summed E-state index contributed by atoms with van der Waals surface area (Å²) in [6.07, 6.45) is 1.70. The van der Waals surface area contributed by atoms with Crippen molar-refractivity contribution in [2.75, 3.05) is 0 Å². The summed E-state index contributed by atoms with van der Waals surface area (Å²) in [6.45, 7) is 2.93. The van der Waals surface area contributed by atoms with Gasteiger partial charge in [0.05, 0.1) is 12.2 Å². The number of aromatic nitrogens is 8. The second-order valence-electron chi connectivity index (χ2n) is 9.14. The largest absolute Gasteiger partial charge is 0.343 e. The maximum atomic E-state index is 13.3. The summed E-state index contributed by atoms with van der Waals surface area (Å²) in [4.78, 5) is 31.7. The summed E-state index contributed by atoms with van der Waals surface area (Å²) in [5.41, 5.74) is 3.70. The van der Waals surface area contributed by atoms with Gasteiger partial charge in [0.2, 0.25) is 0 Å². The highest BCUT2D eigenvalue weighted by atomic mass is 32.2. The molecule has 10 nitrogen and oxygen atoms in total. The molecule has 190 valence electrons. The van der Waals surface area contributed by atoms with Crippen LogP contribution in [0.3, 0.4) is 0 Å². The Kier molecular flexibility index (Phi) is 5.91.